The van der Waals surface area contributed by atoms with Crippen molar-refractivity contribution in [1.29, 1.82) is 0 Å². The van der Waals surface area contributed by atoms with E-state index in [0.717, 1.165) is 24.1 Å². The third-order valence-electron chi connectivity index (χ3n) is 3.96. The first-order valence-electron chi connectivity index (χ1n) is 6.92. The normalized spacial score (nSPS) is 14.2. The van der Waals surface area contributed by atoms with Gasteiger partial charge in [-0.1, -0.05) is 32.0 Å². The Kier molecular flexibility index (Phi) is 3.97. The van der Waals surface area contributed by atoms with Gasteiger partial charge < -0.3 is 9.52 Å². The molecule has 1 atom stereocenters. The molecule has 3 heteroatoms. The number of furan rings is 1. The minimum Gasteiger partial charge on any atom is -0.458 e. The third kappa shape index (κ3) is 2.53. The molecule has 0 spiro atoms. The van der Waals surface area contributed by atoms with E-state index in [9.17, 15) is 5.11 Å². The van der Waals surface area contributed by atoms with Gasteiger partial charge in [0.15, 0.2) is 0 Å². The van der Waals surface area contributed by atoms with Gasteiger partial charge in [-0.25, -0.2) is 0 Å². The summed E-state index contributed by atoms with van der Waals surface area (Å²) in [6.07, 6.45) is -0.639. The van der Waals surface area contributed by atoms with Gasteiger partial charge >= 0.3 is 0 Å². The first-order chi connectivity index (χ1) is 9.00. The average molecular weight is 261 g/mol. The Balaban J connectivity index is 2.34. The summed E-state index contributed by atoms with van der Waals surface area (Å²) in [6, 6.07) is 9.78. The molecule has 0 fully saturated rings. The Hall–Kier alpha value is -1.32. The van der Waals surface area contributed by atoms with E-state index in [1.165, 1.54) is 0 Å². The van der Waals surface area contributed by atoms with E-state index in [4.69, 9.17) is 4.42 Å². The molecule has 1 N–H and O–H groups in total. The van der Waals surface area contributed by atoms with Gasteiger partial charge in [0.05, 0.1) is 0 Å². The largest absolute Gasteiger partial charge is 0.458 e. The van der Waals surface area contributed by atoms with Crippen LogP contribution in [-0.4, -0.2) is 28.6 Å². The number of fused-ring (bicyclic) bond motifs is 1. The van der Waals surface area contributed by atoms with Gasteiger partial charge in [-0.3, -0.25) is 4.90 Å². The Morgan fingerprint density at radius 3 is 2.42 bits per heavy atom. The number of hydrogen-bond donors (Lipinski definition) is 1. The van der Waals surface area contributed by atoms with Crippen LogP contribution in [-0.2, 0) is 0 Å². The van der Waals surface area contributed by atoms with Crippen molar-refractivity contribution in [2.75, 3.05) is 13.1 Å². The minimum atomic E-state index is -0.639. The average Bonchev–Trinajstić information content (AvgIpc) is 2.82. The third-order valence-corrected chi connectivity index (χ3v) is 3.96. The molecule has 1 unspecified atom stereocenters. The highest BCUT2D eigenvalue weighted by molar-refractivity contribution is 5.77. The molecule has 19 heavy (non-hydrogen) atoms. The molecule has 2 rings (SSSR count). The summed E-state index contributed by atoms with van der Waals surface area (Å²) in [7, 11) is 0. The number of aliphatic hydroxyl groups is 1. The van der Waals surface area contributed by atoms with Crippen LogP contribution in [0.5, 0.6) is 0 Å². The van der Waals surface area contributed by atoms with E-state index in [0.29, 0.717) is 5.76 Å². The molecule has 0 aliphatic heterocycles. The molecule has 1 heterocycles. The fraction of sp³-hybridized carbons (Fsp3) is 0.500. The number of benzene rings is 1. The highest BCUT2D eigenvalue weighted by Gasteiger charge is 2.35. The van der Waals surface area contributed by atoms with Crippen molar-refractivity contribution in [1.82, 2.24) is 4.90 Å². The van der Waals surface area contributed by atoms with Crippen LogP contribution in [0.3, 0.4) is 0 Å². The molecule has 0 amide bonds. The van der Waals surface area contributed by atoms with E-state index in [1.807, 2.05) is 30.3 Å². The maximum Gasteiger partial charge on any atom is 0.135 e. The lowest BCUT2D eigenvalue weighted by Crippen LogP contribution is -2.48. The monoisotopic (exact) mass is 261 g/mol. The predicted molar refractivity (Wildman–Crippen MR) is 78.2 cm³/mol. The number of nitrogens with zero attached hydrogens (tertiary/aromatic N) is 1. The molecule has 1 aromatic carbocycles. The Morgan fingerprint density at radius 2 is 1.84 bits per heavy atom. The molecule has 0 aliphatic rings. The van der Waals surface area contributed by atoms with Gasteiger partial charge in [-0.2, -0.15) is 0 Å². The van der Waals surface area contributed by atoms with Gasteiger partial charge in [0.2, 0.25) is 0 Å². The van der Waals surface area contributed by atoms with Gasteiger partial charge in [0, 0.05) is 10.9 Å². The molecule has 0 aliphatic carbocycles. The Bertz CT molecular complexity index is 507. The molecular weight excluding hydrogens is 238 g/mol. The van der Waals surface area contributed by atoms with Crippen LogP contribution in [0.1, 0.15) is 39.6 Å². The van der Waals surface area contributed by atoms with Crippen LogP contribution >= 0.6 is 0 Å². The van der Waals surface area contributed by atoms with E-state index >= 15 is 0 Å². The summed E-state index contributed by atoms with van der Waals surface area (Å²) < 4.78 is 5.78. The summed E-state index contributed by atoms with van der Waals surface area (Å²) in [4.78, 5) is 2.24. The van der Waals surface area contributed by atoms with Gasteiger partial charge in [-0.15, -0.1) is 0 Å². The number of likely N-dealkylation sites (N-methyl/N-ethyl adjacent to an activating group) is 1. The van der Waals surface area contributed by atoms with Crippen LogP contribution in [0.15, 0.2) is 34.7 Å². The van der Waals surface area contributed by atoms with Gasteiger partial charge in [-0.05, 0) is 39.1 Å². The second-order valence-electron chi connectivity index (χ2n) is 5.42. The first kappa shape index (κ1) is 14.1. The fourth-order valence-electron chi connectivity index (χ4n) is 2.70. The molecule has 0 saturated heterocycles. The summed E-state index contributed by atoms with van der Waals surface area (Å²) in [6.45, 7) is 10.1. The smallest absolute Gasteiger partial charge is 0.135 e. The molecule has 1 aromatic heterocycles. The van der Waals surface area contributed by atoms with Crippen LogP contribution in [0.25, 0.3) is 11.0 Å². The maximum absolute atomic E-state index is 10.6. The van der Waals surface area contributed by atoms with Gasteiger partial charge in [0.25, 0.3) is 0 Å². The quantitative estimate of drug-likeness (QED) is 0.893. The molecule has 0 saturated carbocycles. The predicted octanol–water partition coefficient (Wildman–Crippen LogP) is 3.59. The van der Waals surface area contributed by atoms with Crippen molar-refractivity contribution in [3.05, 3.63) is 36.1 Å². The molecule has 104 valence electrons. The zero-order valence-corrected chi connectivity index (χ0v) is 12.2. The molecule has 2 aromatic rings. The van der Waals surface area contributed by atoms with Crippen molar-refractivity contribution in [2.45, 2.75) is 39.3 Å². The number of hydrogen-bond acceptors (Lipinski definition) is 3. The van der Waals surface area contributed by atoms with E-state index in [-0.39, 0.29) is 5.54 Å². The Labute approximate surface area is 114 Å². The first-order valence-corrected chi connectivity index (χ1v) is 6.92. The second kappa shape index (κ2) is 5.35. The minimum absolute atomic E-state index is 0.350. The highest BCUT2D eigenvalue weighted by Crippen LogP contribution is 2.33. The molecule has 0 bridgehead atoms. The lowest BCUT2D eigenvalue weighted by atomic mass is 9.93. The maximum atomic E-state index is 10.6. The second-order valence-corrected chi connectivity index (χ2v) is 5.42. The summed E-state index contributed by atoms with van der Waals surface area (Å²) in [5.41, 5.74) is 0.476. The zero-order valence-electron chi connectivity index (χ0n) is 12.2. The summed E-state index contributed by atoms with van der Waals surface area (Å²) >= 11 is 0. The van der Waals surface area contributed by atoms with Crippen molar-refractivity contribution in [2.24, 2.45) is 0 Å². The molecular formula is C16H23NO2. The Morgan fingerprint density at radius 1 is 1.21 bits per heavy atom. The summed E-state index contributed by atoms with van der Waals surface area (Å²) in [5.74, 6) is 0.637. The standard InChI is InChI=1S/C16H23NO2/c1-5-17(6-2)16(3,4)15(18)14-11-12-9-7-8-10-13(12)19-14/h7-11,15,18H,5-6H2,1-4H3. The van der Waals surface area contributed by atoms with Crippen LogP contribution in [0.2, 0.25) is 0 Å². The topological polar surface area (TPSA) is 36.6 Å². The van der Waals surface area contributed by atoms with Crippen LogP contribution < -0.4 is 0 Å². The van der Waals surface area contributed by atoms with E-state index in [2.05, 4.69) is 32.6 Å². The highest BCUT2D eigenvalue weighted by atomic mass is 16.4. The lowest BCUT2D eigenvalue weighted by molar-refractivity contribution is -0.0171. The zero-order chi connectivity index (χ0) is 14.0. The molecule has 3 nitrogen and oxygen atoms in total. The van der Waals surface area contributed by atoms with E-state index in [1.54, 1.807) is 0 Å². The lowest BCUT2D eigenvalue weighted by Gasteiger charge is -2.40. The van der Waals surface area contributed by atoms with E-state index < -0.39 is 6.10 Å². The number of para-hydroxylation sites is 1. The van der Waals surface area contributed by atoms with Gasteiger partial charge in [0.1, 0.15) is 17.4 Å². The van der Waals surface area contributed by atoms with Crippen molar-refractivity contribution in [3.8, 4) is 0 Å². The van der Waals surface area contributed by atoms with Crippen LogP contribution in [0.4, 0.5) is 0 Å². The fourth-order valence-corrected chi connectivity index (χ4v) is 2.70. The van der Waals surface area contributed by atoms with Crippen molar-refractivity contribution in [3.63, 3.8) is 0 Å². The van der Waals surface area contributed by atoms with Crippen molar-refractivity contribution >= 4 is 11.0 Å². The summed E-state index contributed by atoms with van der Waals surface area (Å²) in [5, 5.41) is 11.7. The number of aliphatic hydroxyl groups excluding tert-OH is 1. The molecule has 0 radical (unpaired) electrons. The van der Waals surface area contributed by atoms with Crippen LogP contribution in [0, 0.1) is 0 Å². The SMILES string of the molecule is CCN(CC)C(C)(C)C(O)c1cc2ccccc2o1. The van der Waals surface area contributed by atoms with Crippen molar-refractivity contribution < 1.29 is 9.52 Å². The number of rotatable bonds is 5.